The predicted molar refractivity (Wildman–Crippen MR) is 118 cm³/mol. The van der Waals surface area contributed by atoms with E-state index in [0.29, 0.717) is 0 Å². The quantitative estimate of drug-likeness (QED) is 0.206. The van der Waals surface area contributed by atoms with Gasteiger partial charge in [0.05, 0.1) is 6.61 Å². The molecule has 2 aromatic carbocycles. The zero-order valence-electron chi connectivity index (χ0n) is 16.4. The number of hydrogen-bond donors (Lipinski definition) is 0. The van der Waals surface area contributed by atoms with Crippen molar-refractivity contribution in [3.63, 3.8) is 0 Å². The summed E-state index contributed by atoms with van der Waals surface area (Å²) in [6, 6.07) is 25.7. The molecule has 0 radical (unpaired) electrons. The van der Waals surface area contributed by atoms with E-state index in [2.05, 4.69) is 79.0 Å². The Hall–Kier alpha value is -1.45. The molecular weight excluding hydrogens is 469 g/mol. The van der Waals surface area contributed by atoms with Crippen LogP contribution in [0.15, 0.2) is 72.8 Å². The number of unbranched alkanes of at least 4 members (excludes halogenated alkanes) is 1. The first kappa shape index (κ1) is 23.8. The smallest absolute Gasteiger partial charge is 1.00 e. The monoisotopic (exact) mass is 488 g/mol. The molecule has 0 spiro atoms. The molecule has 0 amide bonds. The predicted octanol–water partition coefficient (Wildman–Crippen LogP) is 4.79. The van der Waals surface area contributed by atoms with E-state index in [-0.39, 0.29) is 31.9 Å². The summed E-state index contributed by atoms with van der Waals surface area (Å²) in [6.07, 6.45) is 2.25. The van der Waals surface area contributed by atoms with Crippen LogP contribution in [0.4, 0.5) is 0 Å². The first-order chi connectivity index (χ1) is 13.3. The van der Waals surface area contributed by atoms with Gasteiger partial charge in [-0.2, -0.15) is 12.1 Å². The van der Waals surface area contributed by atoms with Crippen LogP contribution in [0.25, 0.3) is 31.3 Å². The molecular formula is C24H21ClOS2Zn. The van der Waals surface area contributed by atoms with Gasteiger partial charge in [-0.25, -0.2) is 0 Å². The molecule has 5 heteroatoms. The molecule has 0 aliphatic rings. The van der Waals surface area contributed by atoms with Crippen molar-refractivity contribution >= 4 is 22.7 Å². The van der Waals surface area contributed by atoms with E-state index in [1.807, 2.05) is 17.4 Å². The topological polar surface area (TPSA) is 9.23 Å². The van der Waals surface area contributed by atoms with Crippen molar-refractivity contribution in [2.24, 2.45) is 0 Å². The van der Waals surface area contributed by atoms with Gasteiger partial charge in [0.2, 0.25) is 0 Å². The maximum atomic E-state index is 5.75. The first-order valence-electron chi connectivity index (χ1n) is 9.23. The summed E-state index contributed by atoms with van der Waals surface area (Å²) in [5.74, 6) is 0.945. The van der Waals surface area contributed by atoms with Crippen LogP contribution in [0.1, 0.15) is 19.8 Å². The molecule has 29 heavy (non-hydrogen) atoms. The third-order valence-corrected chi connectivity index (χ3v) is 6.57. The average Bonchev–Trinajstić information content (AvgIpc) is 3.41. The standard InChI is InChI=1S/C24H21OS2.ClH.Zn/c1-2-3-16-25-21-12-10-19(11-13-21)18-6-8-20(9-7-18)22-14-15-24(27-22)23-5-4-17-26-23;;/h4-15H,2-3,16H2,1H3;1H;/q-1;;+2/p-1. The molecule has 0 aliphatic carbocycles. The second kappa shape index (κ2) is 11.7. The van der Waals surface area contributed by atoms with E-state index >= 15 is 0 Å². The minimum atomic E-state index is 0. The second-order valence-corrected chi connectivity index (χ2v) is 8.35. The molecule has 0 bridgehead atoms. The Morgan fingerprint density at radius 2 is 1.38 bits per heavy atom. The van der Waals surface area contributed by atoms with Crippen molar-refractivity contribution in [1.29, 1.82) is 0 Å². The van der Waals surface area contributed by atoms with E-state index in [9.17, 15) is 0 Å². The normalized spacial score (nSPS) is 10.1. The Morgan fingerprint density at radius 3 is 2.00 bits per heavy atom. The molecule has 0 aliphatic heterocycles. The Kier molecular flexibility index (Phi) is 9.59. The van der Waals surface area contributed by atoms with Crippen molar-refractivity contribution in [2.45, 2.75) is 19.8 Å². The molecule has 0 saturated carbocycles. The molecule has 0 atom stereocenters. The van der Waals surface area contributed by atoms with Gasteiger partial charge in [-0.05, 0) is 46.2 Å². The summed E-state index contributed by atoms with van der Waals surface area (Å²) in [5, 5.41) is 3.16. The van der Waals surface area contributed by atoms with Crippen LogP contribution < -0.4 is 17.1 Å². The molecule has 0 unspecified atom stereocenters. The largest absolute Gasteiger partial charge is 2.00 e. The Balaban J connectivity index is 0.00000150. The maximum Gasteiger partial charge on any atom is 2.00 e. The number of benzene rings is 2. The summed E-state index contributed by atoms with van der Waals surface area (Å²) < 4.78 is 5.75. The number of thiophene rings is 2. The fourth-order valence-electron chi connectivity index (χ4n) is 2.90. The molecule has 2 heterocycles. The molecule has 1 nitrogen and oxygen atoms in total. The van der Waals surface area contributed by atoms with E-state index < -0.39 is 0 Å². The van der Waals surface area contributed by atoms with E-state index in [1.54, 1.807) is 11.3 Å². The number of halogens is 1. The van der Waals surface area contributed by atoms with Crippen LogP contribution in [-0.2, 0) is 19.5 Å². The third kappa shape index (κ3) is 6.02. The molecule has 144 valence electrons. The Bertz CT molecular complexity index is 977. The fourth-order valence-corrected chi connectivity index (χ4v) is 4.65. The van der Waals surface area contributed by atoms with Crippen LogP contribution in [0, 0.1) is 5.38 Å². The number of ether oxygens (including phenoxy) is 1. The molecule has 4 rings (SSSR count). The van der Waals surface area contributed by atoms with Crippen molar-refractivity contribution in [1.82, 2.24) is 0 Å². The average molecular weight is 490 g/mol. The van der Waals surface area contributed by atoms with Crippen molar-refractivity contribution in [3.05, 3.63) is 78.2 Å². The SMILES string of the molecule is CCCCOc1ccc(-c2ccc(-c3ccc(-c4cc[c-]s4)s3)cc2)cc1.[Cl-].[Zn+2]. The second-order valence-electron chi connectivity index (χ2n) is 6.39. The minimum Gasteiger partial charge on any atom is -1.00 e. The first-order valence-corrected chi connectivity index (χ1v) is 10.9. The molecule has 0 fully saturated rings. The summed E-state index contributed by atoms with van der Waals surface area (Å²) >= 11 is 3.50. The van der Waals surface area contributed by atoms with Gasteiger partial charge in [-0.15, -0.1) is 21.6 Å². The number of hydrogen-bond acceptors (Lipinski definition) is 3. The van der Waals surface area contributed by atoms with Gasteiger partial charge in [-0.1, -0.05) is 55.8 Å². The van der Waals surface area contributed by atoms with E-state index in [0.717, 1.165) is 25.2 Å². The van der Waals surface area contributed by atoms with Crippen LogP contribution in [0.2, 0.25) is 0 Å². The van der Waals surface area contributed by atoms with E-state index in [4.69, 9.17) is 4.74 Å². The van der Waals surface area contributed by atoms with Crippen molar-refractivity contribution < 1.29 is 36.6 Å². The number of rotatable bonds is 7. The molecule has 4 aromatic rings. The van der Waals surface area contributed by atoms with E-state index in [1.165, 1.54) is 31.3 Å². The van der Waals surface area contributed by atoms with Crippen LogP contribution in [-0.4, -0.2) is 6.61 Å². The van der Waals surface area contributed by atoms with Gasteiger partial charge in [0.1, 0.15) is 5.75 Å². The van der Waals surface area contributed by atoms with Crippen molar-refractivity contribution in [3.8, 4) is 37.1 Å². The van der Waals surface area contributed by atoms with Gasteiger partial charge in [0.15, 0.2) is 0 Å². The molecule has 2 aromatic heterocycles. The van der Waals surface area contributed by atoms with Crippen LogP contribution in [0.3, 0.4) is 0 Å². The summed E-state index contributed by atoms with van der Waals surface area (Å²) in [4.78, 5) is 3.88. The molecule has 0 N–H and O–H groups in total. The fraction of sp³-hybridized carbons (Fsp3) is 0.167. The van der Waals surface area contributed by atoms with Gasteiger partial charge in [-0.3, -0.25) is 11.3 Å². The minimum absolute atomic E-state index is 0. The van der Waals surface area contributed by atoms with Crippen LogP contribution >= 0.6 is 22.7 Å². The zero-order valence-corrected chi connectivity index (χ0v) is 21.7. The van der Waals surface area contributed by atoms with Crippen LogP contribution in [0.5, 0.6) is 5.75 Å². The summed E-state index contributed by atoms with van der Waals surface area (Å²) in [7, 11) is 0. The Labute approximate surface area is 199 Å². The Morgan fingerprint density at radius 1 is 0.759 bits per heavy atom. The molecule has 0 saturated heterocycles. The zero-order chi connectivity index (χ0) is 18.5. The van der Waals surface area contributed by atoms with Gasteiger partial charge < -0.3 is 17.1 Å². The maximum absolute atomic E-state index is 5.75. The third-order valence-electron chi connectivity index (χ3n) is 4.44. The summed E-state index contributed by atoms with van der Waals surface area (Å²) in [5.41, 5.74) is 3.70. The van der Waals surface area contributed by atoms with Gasteiger partial charge in [0, 0.05) is 4.88 Å². The van der Waals surface area contributed by atoms with Crippen molar-refractivity contribution in [2.75, 3.05) is 6.61 Å². The van der Waals surface area contributed by atoms with Gasteiger partial charge in [0.25, 0.3) is 0 Å². The summed E-state index contributed by atoms with van der Waals surface area (Å²) in [6.45, 7) is 2.96. The van der Waals surface area contributed by atoms with Gasteiger partial charge >= 0.3 is 19.5 Å².